The molecule has 0 atom stereocenters. The molecule has 0 aromatic heterocycles. The van der Waals surface area contributed by atoms with Crippen molar-refractivity contribution in [3.8, 4) is 0 Å². The van der Waals surface area contributed by atoms with Gasteiger partial charge in [-0.1, -0.05) is 24.3 Å². The number of hydrogen-bond donors (Lipinski definition) is 2. The summed E-state index contributed by atoms with van der Waals surface area (Å²) in [5.41, 5.74) is 4.72. The Morgan fingerprint density at radius 3 is 1.34 bits per heavy atom. The van der Waals surface area contributed by atoms with Gasteiger partial charge in [-0.2, -0.15) is 25.3 Å². The molecule has 0 unspecified atom stereocenters. The maximum absolute atomic E-state index is 10.5. The van der Waals surface area contributed by atoms with Crippen LogP contribution in [-0.2, 0) is 12.8 Å². The van der Waals surface area contributed by atoms with Crippen molar-refractivity contribution in [3.63, 3.8) is 0 Å². The first-order valence-electron chi connectivity index (χ1n) is 9.13. The average Bonchev–Trinajstić information content (AvgIpc) is 2.66. The Balaban J connectivity index is 0.000000477. The van der Waals surface area contributed by atoms with Crippen LogP contribution in [0.5, 0.6) is 0 Å². The molecule has 0 aliphatic heterocycles. The van der Waals surface area contributed by atoms with Gasteiger partial charge >= 0.3 is 31.0 Å². The Morgan fingerprint density at radius 2 is 1.10 bits per heavy atom. The van der Waals surface area contributed by atoms with Crippen LogP contribution in [0, 0.1) is 13.8 Å². The number of hydrogen-bond acceptors (Lipinski definition) is 6. The quantitative estimate of drug-likeness (QED) is 0.437. The van der Waals surface area contributed by atoms with Gasteiger partial charge in [0.2, 0.25) is 0 Å². The van der Waals surface area contributed by atoms with Gasteiger partial charge in [0, 0.05) is 0 Å². The van der Waals surface area contributed by atoms with Gasteiger partial charge in [-0.05, 0) is 83.7 Å². The number of carboxylic acids is 2. The molecule has 29 heavy (non-hydrogen) atoms. The summed E-state index contributed by atoms with van der Waals surface area (Å²) in [5.74, 6) is -0.810. The number of thiol groups is 2. The van der Waals surface area contributed by atoms with E-state index in [4.69, 9.17) is 0 Å². The van der Waals surface area contributed by atoms with Gasteiger partial charge in [-0.3, -0.25) is 0 Å². The summed E-state index contributed by atoms with van der Waals surface area (Å²) in [5, 5.41) is 21.1. The molecule has 0 amide bonds. The van der Waals surface area contributed by atoms with E-state index in [1.54, 1.807) is 36.4 Å². The van der Waals surface area contributed by atoms with Crippen molar-refractivity contribution in [2.45, 2.75) is 36.6 Å². The molecule has 0 aliphatic carbocycles. The minimum absolute atomic E-state index is 0.230. The van der Waals surface area contributed by atoms with Crippen LogP contribution in [0.3, 0.4) is 0 Å². The Labute approximate surface area is 195 Å². The first kappa shape index (κ1) is 27.9. The molecule has 0 saturated heterocycles. The number of aryl methyl sites for hydroxylation is 4. The molecule has 2 aromatic rings. The van der Waals surface area contributed by atoms with E-state index >= 15 is 0 Å². The molecule has 0 bridgehead atoms. The van der Waals surface area contributed by atoms with E-state index in [0.717, 1.165) is 46.6 Å². The first-order chi connectivity index (χ1) is 13.7. The maximum atomic E-state index is 10.5. The SMILES string of the molecule is Cc1ccc(C(=O)[O-])cc1CCS.Cc1ccc(C(=O)[O-])cc1CCS.[CH3][Sn+2][CH3]. The zero-order valence-corrected chi connectivity index (χ0v) is 22.0. The van der Waals surface area contributed by atoms with Crippen molar-refractivity contribution in [3.05, 3.63) is 69.8 Å². The van der Waals surface area contributed by atoms with Gasteiger partial charge in [-0.15, -0.1) is 0 Å². The van der Waals surface area contributed by atoms with Crippen LogP contribution >= 0.6 is 25.3 Å². The van der Waals surface area contributed by atoms with E-state index in [9.17, 15) is 19.8 Å². The topological polar surface area (TPSA) is 80.3 Å². The van der Waals surface area contributed by atoms with Crippen LogP contribution in [0.4, 0.5) is 0 Å². The zero-order valence-electron chi connectivity index (χ0n) is 17.3. The molecule has 0 heterocycles. The summed E-state index contributed by atoms with van der Waals surface area (Å²) in [6.45, 7) is 3.91. The molecule has 2 aromatic carbocycles. The number of aromatic carboxylic acids is 2. The standard InChI is InChI=1S/2C10H12O2S.2CH3.Sn/c2*1-7-2-3-9(10(11)12)6-8(7)4-5-13;;;/h2*2-3,6,13H,4-5H2,1H3,(H,11,12);2*1H3;/q;;;;+2/p-2. The molecule has 0 N–H and O–H groups in total. The van der Waals surface area contributed by atoms with Crippen LogP contribution in [0.2, 0.25) is 9.88 Å². The fourth-order valence-corrected chi connectivity index (χ4v) is 2.86. The third-order valence-electron chi connectivity index (χ3n) is 3.93. The molecular weight excluding hydrogens is 511 g/mol. The first-order valence-corrected chi connectivity index (χ1v) is 16.1. The van der Waals surface area contributed by atoms with E-state index in [1.807, 2.05) is 13.8 Å². The van der Waals surface area contributed by atoms with Gasteiger partial charge in [0.25, 0.3) is 0 Å². The van der Waals surface area contributed by atoms with Gasteiger partial charge < -0.3 is 19.8 Å². The number of benzene rings is 2. The summed E-state index contributed by atoms with van der Waals surface area (Å²) >= 11 is 8.43. The molecule has 0 saturated carbocycles. The minimum atomic E-state index is -1.12. The summed E-state index contributed by atoms with van der Waals surface area (Å²) < 4.78 is 0. The molecule has 0 spiro atoms. The molecular formula is C22H28O4S2Sn. The average molecular weight is 539 g/mol. The summed E-state index contributed by atoms with van der Waals surface area (Å²) in [7, 11) is 0. The van der Waals surface area contributed by atoms with Crippen molar-refractivity contribution < 1.29 is 19.8 Å². The van der Waals surface area contributed by atoms with Crippen LogP contribution in [0.25, 0.3) is 0 Å². The van der Waals surface area contributed by atoms with E-state index in [2.05, 4.69) is 35.1 Å². The fraction of sp³-hybridized carbons (Fsp3) is 0.364. The zero-order chi connectivity index (χ0) is 22.4. The van der Waals surface area contributed by atoms with Gasteiger partial charge in [-0.25, -0.2) is 0 Å². The Bertz CT molecular complexity index is 729. The van der Waals surface area contributed by atoms with Gasteiger partial charge in [0.15, 0.2) is 0 Å². The molecule has 156 valence electrons. The summed E-state index contributed by atoms with van der Waals surface area (Å²) in [6.07, 6.45) is 1.58. The fourth-order valence-electron chi connectivity index (χ4n) is 2.38. The Kier molecular flexibility index (Phi) is 15.1. The number of carbonyl (C=O) groups is 2. The summed E-state index contributed by atoms with van der Waals surface area (Å²) in [4.78, 5) is 25.7. The molecule has 4 nitrogen and oxygen atoms in total. The van der Waals surface area contributed by atoms with E-state index in [-0.39, 0.29) is 32.3 Å². The van der Waals surface area contributed by atoms with Crippen LogP contribution in [0.1, 0.15) is 43.0 Å². The van der Waals surface area contributed by atoms with Gasteiger partial charge in [0.05, 0.1) is 11.9 Å². The third kappa shape index (κ3) is 11.0. The van der Waals surface area contributed by atoms with Crippen molar-refractivity contribution in [2.75, 3.05) is 11.5 Å². The predicted octanol–water partition coefficient (Wildman–Crippen LogP) is 2.45. The van der Waals surface area contributed by atoms with Crippen LogP contribution in [0.15, 0.2) is 36.4 Å². The summed E-state index contributed by atoms with van der Waals surface area (Å²) in [6, 6.07) is 10.0. The molecule has 7 heteroatoms. The van der Waals surface area contributed by atoms with Crippen LogP contribution < -0.4 is 10.2 Å². The van der Waals surface area contributed by atoms with E-state index in [0.29, 0.717) is 0 Å². The second-order valence-corrected chi connectivity index (χ2v) is 10.1. The second kappa shape index (κ2) is 15.7. The third-order valence-corrected chi connectivity index (χ3v) is 4.38. The van der Waals surface area contributed by atoms with E-state index in [1.165, 1.54) is 0 Å². The molecule has 2 rings (SSSR count). The van der Waals surface area contributed by atoms with Crippen molar-refractivity contribution in [1.82, 2.24) is 0 Å². The predicted molar refractivity (Wildman–Crippen MR) is 124 cm³/mol. The molecule has 0 aliphatic rings. The van der Waals surface area contributed by atoms with Gasteiger partial charge in [0.1, 0.15) is 0 Å². The Morgan fingerprint density at radius 1 is 0.793 bits per heavy atom. The van der Waals surface area contributed by atoms with Crippen molar-refractivity contribution >= 4 is 58.3 Å². The molecule has 0 fully saturated rings. The second-order valence-electron chi connectivity index (χ2n) is 6.30. The van der Waals surface area contributed by atoms with Crippen molar-refractivity contribution in [1.29, 1.82) is 0 Å². The number of carbonyl (C=O) groups excluding carboxylic acids is 2. The normalized spacial score (nSPS) is 9.31. The monoisotopic (exact) mass is 540 g/mol. The van der Waals surface area contributed by atoms with Crippen molar-refractivity contribution in [2.24, 2.45) is 0 Å². The van der Waals surface area contributed by atoms with E-state index < -0.39 is 11.9 Å². The number of carboxylic acid groups (broad SMARTS) is 2. The molecule has 0 radical (unpaired) electrons. The van der Waals surface area contributed by atoms with Crippen LogP contribution in [-0.4, -0.2) is 44.6 Å². The number of rotatable bonds is 6. The Hall–Kier alpha value is -1.12.